The van der Waals surface area contributed by atoms with Crippen LogP contribution in [0, 0.1) is 0 Å². The number of methoxy groups -OCH3 is 3. The van der Waals surface area contributed by atoms with Crippen molar-refractivity contribution >= 4 is 22.7 Å². The van der Waals surface area contributed by atoms with Crippen molar-refractivity contribution in [1.82, 2.24) is 10.2 Å². The van der Waals surface area contributed by atoms with Crippen molar-refractivity contribution in [3.05, 3.63) is 65.7 Å². The van der Waals surface area contributed by atoms with E-state index in [1.807, 2.05) is 36.4 Å². The van der Waals surface area contributed by atoms with Gasteiger partial charge >= 0.3 is 6.03 Å². The maximum absolute atomic E-state index is 13.4. The molecule has 0 spiro atoms. The second-order valence-electron chi connectivity index (χ2n) is 7.55. The third-order valence-corrected chi connectivity index (χ3v) is 5.72. The average molecular weight is 420 g/mol. The van der Waals surface area contributed by atoms with E-state index < -0.39 is 11.6 Å². The van der Waals surface area contributed by atoms with Gasteiger partial charge in [0, 0.05) is 5.56 Å². The minimum Gasteiger partial charge on any atom is -0.497 e. The van der Waals surface area contributed by atoms with Gasteiger partial charge in [-0.2, -0.15) is 0 Å². The van der Waals surface area contributed by atoms with Crippen LogP contribution in [-0.2, 0) is 16.9 Å². The van der Waals surface area contributed by atoms with Gasteiger partial charge in [-0.25, -0.2) is 4.79 Å². The standard InChI is InChI=1S/C24H24N2O5/c1-24(18-7-5-16-12-19(29-2)8-6-15(16)11-18)22(27)26(23(28)25-24)14-17-13-20(30-3)9-10-21(17)31-4/h5-13H,14H2,1-4H3,(H,25,28)/t24-/m1/s1. The van der Waals surface area contributed by atoms with Gasteiger partial charge < -0.3 is 19.5 Å². The highest BCUT2D eigenvalue weighted by Crippen LogP contribution is 2.34. The Bertz CT molecular complexity index is 1180. The molecule has 160 valence electrons. The van der Waals surface area contributed by atoms with Gasteiger partial charge in [0.2, 0.25) is 0 Å². The molecule has 1 aliphatic heterocycles. The van der Waals surface area contributed by atoms with Gasteiger partial charge in [-0.1, -0.05) is 18.2 Å². The molecule has 3 aromatic rings. The molecule has 1 atom stereocenters. The first-order valence-corrected chi connectivity index (χ1v) is 9.83. The van der Waals surface area contributed by atoms with Gasteiger partial charge in [-0.3, -0.25) is 9.69 Å². The summed E-state index contributed by atoms with van der Waals surface area (Å²) in [6.45, 7) is 1.80. The summed E-state index contributed by atoms with van der Waals surface area (Å²) >= 11 is 0. The summed E-state index contributed by atoms with van der Waals surface area (Å²) in [6, 6.07) is 16.3. The van der Waals surface area contributed by atoms with E-state index in [9.17, 15) is 9.59 Å². The number of nitrogens with zero attached hydrogens (tertiary/aromatic N) is 1. The monoisotopic (exact) mass is 420 g/mol. The zero-order valence-electron chi connectivity index (χ0n) is 17.9. The summed E-state index contributed by atoms with van der Waals surface area (Å²) < 4.78 is 15.9. The molecular formula is C24H24N2O5. The molecule has 0 bridgehead atoms. The molecule has 0 aliphatic carbocycles. The fourth-order valence-electron chi connectivity index (χ4n) is 3.87. The normalized spacial score (nSPS) is 18.3. The SMILES string of the molecule is COc1ccc(OC)c(CN2C(=O)N[C@](C)(c3ccc4cc(OC)ccc4c3)C2=O)c1. The topological polar surface area (TPSA) is 77.1 Å². The van der Waals surface area contributed by atoms with Crippen molar-refractivity contribution in [3.63, 3.8) is 0 Å². The van der Waals surface area contributed by atoms with Crippen molar-refractivity contribution in [3.8, 4) is 17.2 Å². The van der Waals surface area contributed by atoms with Crippen LogP contribution in [0.3, 0.4) is 0 Å². The van der Waals surface area contributed by atoms with E-state index in [1.54, 1.807) is 46.5 Å². The maximum Gasteiger partial charge on any atom is 0.325 e. The van der Waals surface area contributed by atoms with Crippen molar-refractivity contribution in [2.24, 2.45) is 0 Å². The molecule has 3 amide bonds. The van der Waals surface area contributed by atoms with Crippen molar-refractivity contribution in [2.45, 2.75) is 19.0 Å². The molecule has 31 heavy (non-hydrogen) atoms. The zero-order chi connectivity index (χ0) is 22.2. The number of ether oxygens (including phenoxy) is 3. The first-order chi connectivity index (χ1) is 14.9. The van der Waals surface area contributed by atoms with Crippen LogP contribution in [0.1, 0.15) is 18.1 Å². The molecule has 7 heteroatoms. The summed E-state index contributed by atoms with van der Waals surface area (Å²) in [6.07, 6.45) is 0. The summed E-state index contributed by atoms with van der Waals surface area (Å²) in [5, 5.41) is 4.80. The predicted molar refractivity (Wildman–Crippen MR) is 116 cm³/mol. The molecule has 1 saturated heterocycles. The van der Waals surface area contributed by atoms with Crippen LogP contribution in [0.4, 0.5) is 4.79 Å². The number of urea groups is 1. The molecule has 0 aromatic heterocycles. The molecule has 1 aliphatic rings. The lowest BCUT2D eigenvalue weighted by molar-refractivity contribution is -0.131. The number of imide groups is 1. The number of benzene rings is 3. The molecular weight excluding hydrogens is 396 g/mol. The molecule has 1 N–H and O–H groups in total. The van der Waals surface area contributed by atoms with Crippen molar-refractivity contribution < 1.29 is 23.8 Å². The fourth-order valence-corrected chi connectivity index (χ4v) is 3.87. The Balaban J connectivity index is 1.67. The quantitative estimate of drug-likeness (QED) is 0.614. The van der Waals surface area contributed by atoms with Crippen LogP contribution in [0.5, 0.6) is 17.2 Å². The molecule has 3 aromatic carbocycles. The smallest absolute Gasteiger partial charge is 0.325 e. The van der Waals surface area contributed by atoms with Crippen LogP contribution < -0.4 is 19.5 Å². The van der Waals surface area contributed by atoms with E-state index in [-0.39, 0.29) is 12.5 Å². The molecule has 0 saturated carbocycles. The number of hydrogen-bond donors (Lipinski definition) is 1. The second kappa shape index (κ2) is 7.83. The average Bonchev–Trinajstić information content (AvgIpc) is 3.02. The summed E-state index contributed by atoms with van der Waals surface area (Å²) in [5.74, 6) is 1.63. The van der Waals surface area contributed by atoms with E-state index in [0.29, 0.717) is 22.6 Å². The molecule has 0 radical (unpaired) electrons. The van der Waals surface area contributed by atoms with Gasteiger partial charge in [0.05, 0.1) is 27.9 Å². The number of carbonyl (C=O) groups excluding carboxylic acids is 2. The lowest BCUT2D eigenvalue weighted by atomic mass is 9.90. The van der Waals surface area contributed by atoms with Gasteiger partial charge in [0.15, 0.2) is 0 Å². The number of rotatable bonds is 6. The number of carbonyl (C=O) groups is 2. The number of hydrogen-bond acceptors (Lipinski definition) is 5. The van der Waals surface area contributed by atoms with Gasteiger partial charge in [0.1, 0.15) is 22.8 Å². The predicted octanol–water partition coefficient (Wildman–Crippen LogP) is 3.83. The van der Waals surface area contributed by atoms with Crippen molar-refractivity contribution in [1.29, 1.82) is 0 Å². The van der Waals surface area contributed by atoms with E-state index in [2.05, 4.69) is 5.32 Å². The summed E-state index contributed by atoms with van der Waals surface area (Å²) in [7, 11) is 4.73. The first-order valence-electron chi connectivity index (χ1n) is 9.83. The largest absolute Gasteiger partial charge is 0.497 e. The Morgan fingerprint density at radius 3 is 2.19 bits per heavy atom. The highest BCUT2D eigenvalue weighted by atomic mass is 16.5. The lowest BCUT2D eigenvalue weighted by Crippen LogP contribution is -2.40. The third-order valence-electron chi connectivity index (χ3n) is 5.72. The van der Waals surface area contributed by atoms with Crippen molar-refractivity contribution in [2.75, 3.05) is 21.3 Å². The number of nitrogens with one attached hydrogen (secondary N) is 1. The molecule has 7 nitrogen and oxygen atoms in total. The fraction of sp³-hybridized carbons (Fsp3) is 0.250. The van der Waals surface area contributed by atoms with Crippen LogP contribution in [0.25, 0.3) is 10.8 Å². The van der Waals surface area contributed by atoms with E-state index in [4.69, 9.17) is 14.2 Å². The van der Waals surface area contributed by atoms with Crippen LogP contribution in [-0.4, -0.2) is 38.2 Å². The van der Waals surface area contributed by atoms with Gasteiger partial charge in [-0.15, -0.1) is 0 Å². The second-order valence-corrected chi connectivity index (χ2v) is 7.55. The molecule has 0 unspecified atom stereocenters. The van der Waals surface area contributed by atoms with Gasteiger partial charge in [0.25, 0.3) is 5.91 Å². The lowest BCUT2D eigenvalue weighted by Gasteiger charge is -2.23. The van der Waals surface area contributed by atoms with Crippen LogP contribution >= 0.6 is 0 Å². The van der Waals surface area contributed by atoms with E-state index in [0.717, 1.165) is 16.5 Å². The molecule has 1 heterocycles. The maximum atomic E-state index is 13.4. The minimum absolute atomic E-state index is 0.0748. The molecule has 4 rings (SSSR count). The van der Waals surface area contributed by atoms with Gasteiger partial charge in [-0.05, 0) is 59.7 Å². The first kappa shape index (κ1) is 20.5. The van der Waals surface area contributed by atoms with Crippen LogP contribution in [0.15, 0.2) is 54.6 Å². The highest BCUT2D eigenvalue weighted by molar-refractivity contribution is 6.07. The summed E-state index contributed by atoms with van der Waals surface area (Å²) in [4.78, 5) is 27.4. The highest BCUT2D eigenvalue weighted by Gasteiger charge is 2.49. The molecule has 1 fully saturated rings. The summed E-state index contributed by atoms with van der Waals surface area (Å²) in [5.41, 5.74) is 0.223. The van der Waals surface area contributed by atoms with E-state index >= 15 is 0 Å². The Morgan fingerprint density at radius 2 is 1.48 bits per heavy atom. The Kier molecular flexibility index (Phi) is 5.19. The van der Waals surface area contributed by atoms with Crippen LogP contribution in [0.2, 0.25) is 0 Å². The van der Waals surface area contributed by atoms with E-state index in [1.165, 1.54) is 4.90 Å². The minimum atomic E-state index is -1.17. The number of amides is 3. The zero-order valence-corrected chi connectivity index (χ0v) is 17.9. The number of fused-ring (bicyclic) bond motifs is 1. The third kappa shape index (κ3) is 3.52. The Morgan fingerprint density at radius 1 is 0.839 bits per heavy atom. The Labute approximate surface area is 180 Å². The Hall–Kier alpha value is -3.74.